The maximum Gasteiger partial charge on any atom is 0.223 e. The van der Waals surface area contributed by atoms with Crippen LogP contribution in [0.25, 0.3) is 0 Å². The second-order valence-corrected chi connectivity index (χ2v) is 9.25. The molecule has 0 spiro atoms. The van der Waals surface area contributed by atoms with Crippen LogP contribution in [0.1, 0.15) is 60.6 Å². The summed E-state index contributed by atoms with van der Waals surface area (Å²) >= 11 is 0. The SMILES string of the molecule is Cc1cc(C)cc(C[C@@H]2CC[C@@H](C(=O)N[C@@H](C)C(=O)CCc3ccc(N)nc3C)C2)c1. The lowest BCUT2D eigenvalue weighted by molar-refractivity contribution is -0.129. The molecule has 0 saturated heterocycles. The van der Waals surface area contributed by atoms with Crippen molar-refractivity contribution in [2.75, 3.05) is 5.73 Å². The number of hydrogen-bond donors (Lipinski definition) is 2. The molecular weight excluding hydrogens is 386 g/mol. The number of carbonyl (C=O) groups excluding carboxylic acids is 2. The fourth-order valence-corrected chi connectivity index (χ4v) is 4.78. The summed E-state index contributed by atoms with van der Waals surface area (Å²) in [4.78, 5) is 29.5. The van der Waals surface area contributed by atoms with E-state index in [9.17, 15) is 9.59 Å². The minimum atomic E-state index is -0.465. The molecule has 1 saturated carbocycles. The number of carbonyl (C=O) groups is 2. The molecule has 0 bridgehead atoms. The summed E-state index contributed by atoms with van der Waals surface area (Å²) in [6.07, 6.45) is 4.88. The fraction of sp³-hybridized carbons (Fsp3) is 0.500. The van der Waals surface area contributed by atoms with E-state index in [2.05, 4.69) is 42.3 Å². The lowest BCUT2D eigenvalue weighted by atomic mass is 9.94. The highest BCUT2D eigenvalue weighted by atomic mass is 16.2. The number of nitrogens with zero attached hydrogens (tertiary/aromatic N) is 1. The number of hydrogen-bond acceptors (Lipinski definition) is 4. The van der Waals surface area contributed by atoms with Gasteiger partial charge in [-0.25, -0.2) is 4.98 Å². The summed E-state index contributed by atoms with van der Waals surface area (Å²) in [6.45, 7) is 7.95. The van der Waals surface area contributed by atoms with E-state index in [0.29, 0.717) is 24.6 Å². The van der Waals surface area contributed by atoms with Gasteiger partial charge in [-0.1, -0.05) is 35.4 Å². The van der Waals surface area contributed by atoms with E-state index < -0.39 is 6.04 Å². The van der Waals surface area contributed by atoms with Gasteiger partial charge < -0.3 is 11.1 Å². The lowest BCUT2D eigenvalue weighted by Gasteiger charge is -2.17. The summed E-state index contributed by atoms with van der Waals surface area (Å²) in [7, 11) is 0. The fourth-order valence-electron chi connectivity index (χ4n) is 4.78. The van der Waals surface area contributed by atoms with Crippen LogP contribution in [-0.2, 0) is 22.4 Å². The number of aryl methyl sites for hydroxylation is 4. The molecule has 1 amide bonds. The first-order valence-corrected chi connectivity index (χ1v) is 11.3. The van der Waals surface area contributed by atoms with Gasteiger partial charge in [0.1, 0.15) is 5.82 Å². The second kappa shape index (κ2) is 10.1. The Hall–Kier alpha value is -2.69. The topological polar surface area (TPSA) is 85.1 Å². The third-order valence-corrected chi connectivity index (χ3v) is 6.42. The van der Waals surface area contributed by atoms with Crippen LogP contribution >= 0.6 is 0 Å². The number of amides is 1. The van der Waals surface area contributed by atoms with E-state index >= 15 is 0 Å². The number of nitrogens with two attached hydrogens (primary N) is 1. The summed E-state index contributed by atoms with van der Waals surface area (Å²) in [5.41, 5.74) is 11.5. The van der Waals surface area contributed by atoms with E-state index in [1.807, 2.05) is 13.0 Å². The standard InChI is InChI=1S/C26H35N3O2/c1-16-11-17(2)13-21(12-16)14-20-5-6-23(15-20)26(31)29-19(4)24(30)9-7-22-8-10-25(27)28-18(22)3/h8,10-13,19-20,23H,5-7,9,14-15H2,1-4H3,(H2,27,28)(H,29,31)/t19-,20-,23+/m0/s1. The maximum atomic E-state index is 12.7. The first-order valence-electron chi connectivity index (χ1n) is 11.3. The van der Waals surface area contributed by atoms with Gasteiger partial charge >= 0.3 is 0 Å². The van der Waals surface area contributed by atoms with Crippen LogP contribution in [0.3, 0.4) is 0 Å². The molecule has 1 aromatic heterocycles. The van der Waals surface area contributed by atoms with Crippen molar-refractivity contribution >= 4 is 17.5 Å². The molecule has 3 rings (SSSR count). The number of nitrogens with one attached hydrogen (secondary N) is 1. The van der Waals surface area contributed by atoms with E-state index in [4.69, 9.17) is 5.73 Å². The molecular formula is C26H35N3O2. The Labute approximate surface area is 185 Å². The molecule has 5 nitrogen and oxygen atoms in total. The number of nitrogen functional groups attached to an aromatic ring is 1. The Kier molecular flexibility index (Phi) is 7.47. The van der Waals surface area contributed by atoms with Gasteiger partial charge in [-0.2, -0.15) is 0 Å². The predicted octanol–water partition coefficient (Wildman–Crippen LogP) is 4.25. The Bertz CT molecular complexity index is 933. The first kappa shape index (κ1) is 23.0. The van der Waals surface area contributed by atoms with E-state index in [0.717, 1.165) is 36.9 Å². The summed E-state index contributed by atoms with van der Waals surface area (Å²) < 4.78 is 0. The number of benzene rings is 1. The molecule has 166 valence electrons. The van der Waals surface area contributed by atoms with Gasteiger partial charge in [-0.05, 0) is 82.9 Å². The first-order chi connectivity index (χ1) is 14.7. The molecule has 1 aromatic carbocycles. The molecule has 0 aliphatic heterocycles. The third-order valence-electron chi connectivity index (χ3n) is 6.42. The average molecular weight is 422 g/mol. The normalized spacial score (nSPS) is 19.2. The summed E-state index contributed by atoms with van der Waals surface area (Å²) in [5.74, 6) is 1.10. The monoisotopic (exact) mass is 421 g/mol. The minimum absolute atomic E-state index is 0.00898. The molecule has 31 heavy (non-hydrogen) atoms. The van der Waals surface area contributed by atoms with Gasteiger partial charge in [0.05, 0.1) is 6.04 Å². The predicted molar refractivity (Wildman–Crippen MR) is 125 cm³/mol. The van der Waals surface area contributed by atoms with Gasteiger partial charge in [-0.3, -0.25) is 9.59 Å². The molecule has 1 aliphatic carbocycles. The van der Waals surface area contributed by atoms with E-state index in [1.54, 1.807) is 13.0 Å². The number of pyridine rings is 1. The smallest absolute Gasteiger partial charge is 0.223 e. The van der Waals surface area contributed by atoms with Crippen LogP contribution in [0.4, 0.5) is 5.82 Å². The summed E-state index contributed by atoms with van der Waals surface area (Å²) in [5, 5.41) is 2.96. The Balaban J connectivity index is 1.46. The number of rotatable bonds is 8. The molecule has 1 heterocycles. The van der Waals surface area contributed by atoms with Crippen LogP contribution < -0.4 is 11.1 Å². The van der Waals surface area contributed by atoms with E-state index in [-0.39, 0.29) is 17.6 Å². The van der Waals surface area contributed by atoms with Crippen molar-refractivity contribution in [1.82, 2.24) is 10.3 Å². The van der Waals surface area contributed by atoms with Gasteiger partial charge in [-0.15, -0.1) is 0 Å². The van der Waals surface area contributed by atoms with Crippen molar-refractivity contribution in [3.05, 3.63) is 58.3 Å². The number of anilines is 1. The van der Waals surface area contributed by atoms with E-state index in [1.165, 1.54) is 16.7 Å². The van der Waals surface area contributed by atoms with Gasteiger partial charge in [0.25, 0.3) is 0 Å². The average Bonchev–Trinajstić information content (AvgIpc) is 3.14. The van der Waals surface area contributed by atoms with Crippen molar-refractivity contribution < 1.29 is 9.59 Å². The largest absolute Gasteiger partial charge is 0.384 e. The third kappa shape index (κ3) is 6.39. The molecule has 3 N–H and O–H groups in total. The second-order valence-electron chi connectivity index (χ2n) is 9.25. The molecule has 1 fully saturated rings. The molecule has 3 atom stereocenters. The van der Waals surface area contributed by atoms with Crippen LogP contribution in [0.15, 0.2) is 30.3 Å². The van der Waals surface area contributed by atoms with Crippen molar-refractivity contribution in [3.63, 3.8) is 0 Å². The zero-order chi connectivity index (χ0) is 22.5. The quantitative estimate of drug-likeness (QED) is 0.667. The molecule has 0 radical (unpaired) electrons. The van der Waals surface area contributed by atoms with Crippen molar-refractivity contribution in [2.24, 2.45) is 11.8 Å². The molecule has 1 aliphatic rings. The lowest BCUT2D eigenvalue weighted by Crippen LogP contribution is -2.41. The van der Waals surface area contributed by atoms with Crippen LogP contribution in [0.2, 0.25) is 0 Å². The highest BCUT2D eigenvalue weighted by molar-refractivity contribution is 5.89. The van der Waals surface area contributed by atoms with Crippen LogP contribution in [0.5, 0.6) is 0 Å². The van der Waals surface area contributed by atoms with Gasteiger partial charge in [0, 0.05) is 18.0 Å². The van der Waals surface area contributed by atoms with Gasteiger partial charge in [0.2, 0.25) is 5.91 Å². The van der Waals surface area contributed by atoms with Crippen LogP contribution in [-0.4, -0.2) is 22.7 Å². The van der Waals surface area contributed by atoms with Crippen molar-refractivity contribution in [2.45, 2.75) is 72.3 Å². The summed E-state index contributed by atoms with van der Waals surface area (Å²) in [6, 6.07) is 9.90. The van der Waals surface area contributed by atoms with Crippen molar-refractivity contribution in [1.29, 1.82) is 0 Å². The van der Waals surface area contributed by atoms with Crippen LogP contribution in [0, 0.1) is 32.6 Å². The Morgan fingerprint density at radius 3 is 2.52 bits per heavy atom. The number of aromatic nitrogens is 1. The Morgan fingerprint density at radius 1 is 1.13 bits per heavy atom. The zero-order valence-electron chi connectivity index (χ0n) is 19.2. The zero-order valence-corrected chi connectivity index (χ0v) is 19.2. The van der Waals surface area contributed by atoms with Gasteiger partial charge in [0.15, 0.2) is 5.78 Å². The minimum Gasteiger partial charge on any atom is -0.384 e. The van der Waals surface area contributed by atoms with Crippen molar-refractivity contribution in [3.8, 4) is 0 Å². The number of Topliss-reactive ketones (excluding diaryl/α,β-unsaturated/α-hetero) is 1. The maximum absolute atomic E-state index is 12.7. The highest BCUT2D eigenvalue weighted by Gasteiger charge is 2.31. The number of ketones is 1. The molecule has 5 heteroatoms. The highest BCUT2D eigenvalue weighted by Crippen LogP contribution is 2.33. The molecule has 2 aromatic rings. The Morgan fingerprint density at radius 2 is 1.84 bits per heavy atom. The molecule has 0 unspecified atom stereocenters.